The van der Waals surface area contributed by atoms with Crippen LogP contribution in [-0.4, -0.2) is 35.4 Å². The number of isocyanates is 1. The van der Waals surface area contributed by atoms with Crippen LogP contribution in [0, 0.1) is 0 Å². The molecule has 0 spiro atoms. The van der Waals surface area contributed by atoms with Crippen molar-refractivity contribution >= 4 is 17.9 Å². The number of likely N-dealkylation sites (tertiary alicyclic amines) is 1. The second kappa shape index (κ2) is 6.18. The maximum absolute atomic E-state index is 11.6. The van der Waals surface area contributed by atoms with Gasteiger partial charge < -0.3 is 0 Å². The summed E-state index contributed by atoms with van der Waals surface area (Å²) in [6.07, 6.45) is 4.72. The third kappa shape index (κ3) is 3.28. The predicted octanol–water partition coefficient (Wildman–Crippen LogP) is 1.03. The molecule has 0 aromatic heterocycles. The number of imide groups is 1. The van der Waals surface area contributed by atoms with Crippen LogP contribution in [-0.2, 0) is 14.4 Å². The molecule has 1 fully saturated rings. The lowest BCUT2D eigenvalue weighted by molar-refractivity contribution is -0.157. The number of carbonyl (C=O) groups excluding carboxylic acids is 3. The summed E-state index contributed by atoms with van der Waals surface area (Å²) in [4.78, 5) is 37.2. The van der Waals surface area contributed by atoms with Crippen LogP contribution in [0.1, 0.15) is 39.0 Å². The van der Waals surface area contributed by atoms with Gasteiger partial charge in [0.15, 0.2) is 0 Å². The van der Waals surface area contributed by atoms with E-state index in [2.05, 4.69) is 4.99 Å². The molecule has 0 aromatic carbocycles. The van der Waals surface area contributed by atoms with E-state index in [9.17, 15) is 14.4 Å². The van der Waals surface area contributed by atoms with E-state index in [1.165, 1.54) is 11.0 Å². The Morgan fingerprint density at radius 1 is 1.50 bits per heavy atom. The summed E-state index contributed by atoms with van der Waals surface area (Å²) in [5, 5.41) is 0. The van der Waals surface area contributed by atoms with E-state index < -0.39 is 0 Å². The average Bonchev–Trinajstić information content (AvgIpc) is 2.22. The van der Waals surface area contributed by atoms with Crippen LogP contribution < -0.4 is 0 Å². The standard InChI is InChI=1S/C11H16N2O3/c1-9-7-11(16)13(9)10(15)5-3-2-4-6-12-8-14/h9H,2-7H2,1H3. The lowest BCUT2D eigenvalue weighted by atomic mass is 10.0. The fourth-order valence-corrected chi connectivity index (χ4v) is 1.77. The van der Waals surface area contributed by atoms with Gasteiger partial charge in [0, 0.05) is 18.9 Å². The van der Waals surface area contributed by atoms with Gasteiger partial charge in [0.2, 0.25) is 17.9 Å². The van der Waals surface area contributed by atoms with Crippen molar-refractivity contribution in [2.45, 2.75) is 45.1 Å². The van der Waals surface area contributed by atoms with Crippen molar-refractivity contribution < 1.29 is 14.4 Å². The minimum Gasteiger partial charge on any atom is -0.279 e. The second-order valence-electron chi connectivity index (χ2n) is 3.99. The second-order valence-corrected chi connectivity index (χ2v) is 3.99. The van der Waals surface area contributed by atoms with Gasteiger partial charge in [-0.05, 0) is 19.8 Å². The molecule has 0 saturated carbocycles. The summed E-state index contributed by atoms with van der Waals surface area (Å²) in [6, 6.07) is 0.0691. The Labute approximate surface area is 94.5 Å². The molecule has 0 radical (unpaired) electrons. The highest BCUT2D eigenvalue weighted by Gasteiger charge is 2.36. The van der Waals surface area contributed by atoms with Gasteiger partial charge in [0.1, 0.15) is 0 Å². The fraction of sp³-hybridized carbons (Fsp3) is 0.727. The summed E-state index contributed by atoms with van der Waals surface area (Å²) in [5.74, 6) is -0.148. The molecule has 1 atom stereocenters. The Bertz CT molecular complexity index is 321. The van der Waals surface area contributed by atoms with Crippen LogP contribution in [0.15, 0.2) is 4.99 Å². The minimum atomic E-state index is -0.0809. The Hall–Kier alpha value is -1.48. The van der Waals surface area contributed by atoms with Crippen molar-refractivity contribution in [2.24, 2.45) is 4.99 Å². The van der Waals surface area contributed by atoms with Crippen molar-refractivity contribution in [3.8, 4) is 0 Å². The number of unbranched alkanes of at least 4 members (excludes halogenated alkanes) is 2. The third-order valence-electron chi connectivity index (χ3n) is 2.67. The van der Waals surface area contributed by atoms with E-state index in [-0.39, 0.29) is 17.9 Å². The smallest absolute Gasteiger partial charge is 0.234 e. The molecule has 5 nitrogen and oxygen atoms in total. The first-order chi connectivity index (χ1) is 7.66. The van der Waals surface area contributed by atoms with Gasteiger partial charge in [0.25, 0.3) is 0 Å². The SMILES string of the molecule is CC1CC(=O)N1C(=O)CCCCCN=C=O. The van der Waals surface area contributed by atoms with Crippen LogP contribution >= 0.6 is 0 Å². The van der Waals surface area contributed by atoms with Crippen LogP contribution in [0.3, 0.4) is 0 Å². The number of aliphatic imine (C=N–C) groups is 1. The van der Waals surface area contributed by atoms with E-state index in [1.54, 1.807) is 0 Å². The first-order valence-electron chi connectivity index (χ1n) is 5.55. The molecule has 1 heterocycles. The van der Waals surface area contributed by atoms with Crippen molar-refractivity contribution in [3.63, 3.8) is 0 Å². The van der Waals surface area contributed by atoms with Crippen molar-refractivity contribution in [1.82, 2.24) is 4.90 Å². The topological polar surface area (TPSA) is 66.8 Å². The first-order valence-corrected chi connectivity index (χ1v) is 5.55. The third-order valence-corrected chi connectivity index (χ3v) is 2.67. The molecule has 1 aliphatic rings. The maximum Gasteiger partial charge on any atom is 0.234 e. The molecule has 88 valence electrons. The molecular formula is C11H16N2O3. The Kier molecular flexibility index (Phi) is 4.86. The molecule has 5 heteroatoms. The van der Waals surface area contributed by atoms with E-state index in [1.807, 2.05) is 6.92 Å². The molecule has 0 N–H and O–H groups in total. The van der Waals surface area contributed by atoms with Crippen LogP contribution in [0.4, 0.5) is 0 Å². The highest BCUT2D eigenvalue weighted by atomic mass is 16.2. The molecule has 1 unspecified atom stereocenters. The average molecular weight is 224 g/mol. The van der Waals surface area contributed by atoms with Gasteiger partial charge in [0.05, 0.1) is 6.54 Å². The van der Waals surface area contributed by atoms with Gasteiger partial charge in [-0.1, -0.05) is 6.42 Å². The van der Waals surface area contributed by atoms with Crippen molar-refractivity contribution in [1.29, 1.82) is 0 Å². The number of rotatable bonds is 6. The van der Waals surface area contributed by atoms with Crippen LogP contribution in [0.25, 0.3) is 0 Å². The Morgan fingerprint density at radius 2 is 2.25 bits per heavy atom. The highest BCUT2D eigenvalue weighted by Crippen LogP contribution is 2.20. The zero-order chi connectivity index (χ0) is 12.0. The van der Waals surface area contributed by atoms with Gasteiger partial charge in [-0.3, -0.25) is 14.5 Å². The molecule has 1 aliphatic heterocycles. The number of carbonyl (C=O) groups is 2. The van der Waals surface area contributed by atoms with Gasteiger partial charge >= 0.3 is 0 Å². The summed E-state index contributed by atoms with van der Waals surface area (Å²) < 4.78 is 0. The lowest BCUT2D eigenvalue weighted by Gasteiger charge is -2.36. The van der Waals surface area contributed by atoms with Crippen molar-refractivity contribution in [3.05, 3.63) is 0 Å². The van der Waals surface area contributed by atoms with Gasteiger partial charge in [-0.15, -0.1) is 0 Å². The predicted molar refractivity (Wildman–Crippen MR) is 57.4 cm³/mol. The molecule has 0 bridgehead atoms. The zero-order valence-electron chi connectivity index (χ0n) is 9.44. The van der Waals surface area contributed by atoms with E-state index >= 15 is 0 Å². The van der Waals surface area contributed by atoms with E-state index in [0.29, 0.717) is 19.4 Å². The van der Waals surface area contributed by atoms with Gasteiger partial charge in [-0.25, -0.2) is 9.79 Å². The largest absolute Gasteiger partial charge is 0.279 e. The molecule has 0 aromatic rings. The maximum atomic E-state index is 11.6. The van der Waals surface area contributed by atoms with Crippen molar-refractivity contribution in [2.75, 3.05) is 6.54 Å². The first kappa shape index (κ1) is 12.6. The number of hydrogen-bond donors (Lipinski definition) is 0. The zero-order valence-corrected chi connectivity index (χ0v) is 9.44. The highest BCUT2D eigenvalue weighted by molar-refractivity contribution is 6.00. The van der Waals surface area contributed by atoms with E-state index in [0.717, 1.165) is 19.3 Å². The molecular weight excluding hydrogens is 208 g/mol. The Morgan fingerprint density at radius 3 is 2.81 bits per heavy atom. The van der Waals surface area contributed by atoms with Crippen LogP contribution in [0.5, 0.6) is 0 Å². The normalized spacial score (nSPS) is 18.9. The summed E-state index contributed by atoms with van der Waals surface area (Å²) >= 11 is 0. The summed E-state index contributed by atoms with van der Waals surface area (Å²) in [6.45, 7) is 2.34. The number of amides is 2. The number of nitrogens with zero attached hydrogens (tertiary/aromatic N) is 2. The molecule has 0 aliphatic carbocycles. The molecule has 16 heavy (non-hydrogen) atoms. The fourth-order valence-electron chi connectivity index (χ4n) is 1.77. The Balaban J connectivity index is 2.11. The monoisotopic (exact) mass is 224 g/mol. The summed E-state index contributed by atoms with van der Waals surface area (Å²) in [5.41, 5.74) is 0. The van der Waals surface area contributed by atoms with Gasteiger partial charge in [-0.2, -0.15) is 0 Å². The quantitative estimate of drug-likeness (QED) is 0.293. The number of hydrogen-bond acceptors (Lipinski definition) is 4. The molecule has 2 amide bonds. The minimum absolute atomic E-state index is 0.0666. The summed E-state index contributed by atoms with van der Waals surface area (Å²) in [7, 11) is 0. The molecule has 1 rings (SSSR count). The lowest BCUT2D eigenvalue weighted by Crippen LogP contribution is -2.53. The number of β-lactam (4-membered cyclic amide) rings is 1. The van der Waals surface area contributed by atoms with E-state index in [4.69, 9.17) is 0 Å². The molecule has 1 saturated heterocycles. The van der Waals surface area contributed by atoms with Crippen LogP contribution in [0.2, 0.25) is 0 Å².